The molecule has 1 N–H and O–H groups in total. The summed E-state index contributed by atoms with van der Waals surface area (Å²) in [5.74, 6) is 0.766. The minimum atomic E-state index is 0.0712. The highest BCUT2D eigenvalue weighted by atomic mass is 79.9. The molecule has 6 heteroatoms. The number of nitrogens with one attached hydrogen (secondary N) is 1. The highest BCUT2D eigenvalue weighted by Crippen LogP contribution is 2.36. The van der Waals surface area contributed by atoms with Gasteiger partial charge in [-0.1, -0.05) is 29.3 Å². The van der Waals surface area contributed by atoms with Gasteiger partial charge >= 0.3 is 0 Å². The number of methoxy groups -OCH3 is 1. The second kappa shape index (κ2) is 7.23. The SMILES string of the molecule is COc1cc(NC(C)c2ccc(Cl)c(Cl)c2)c(Br)cc1Br. The zero-order valence-corrected chi connectivity index (χ0v) is 16.1. The van der Waals surface area contributed by atoms with Gasteiger partial charge in [-0.3, -0.25) is 0 Å². The number of ether oxygens (including phenoxy) is 1. The lowest BCUT2D eigenvalue weighted by Crippen LogP contribution is -2.07. The molecule has 1 unspecified atom stereocenters. The second-order valence-electron chi connectivity index (χ2n) is 4.51. The molecule has 0 saturated carbocycles. The molecule has 21 heavy (non-hydrogen) atoms. The summed E-state index contributed by atoms with van der Waals surface area (Å²) in [4.78, 5) is 0. The summed E-state index contributed by atoms with van der Waals surface area (Å²) < 4.78 is 7.16. The molecule has 0 radical (unpaired) electrons. The van der Waals surface area contributed by atoms with Crippen molar-refractivity contribution in [2.45, 2.75) is 13.0 Å². The van der Waals surface area contributed by atoms with Gasteiger partial charge in [-0.25, -0.2) is 0 Å². The van der Waals surface area contributed by atoms with Crippen molar-refractivity contribution in [3.8, 4) is 5.75 Å². The van der Waals surface area contributed by atoms with Gasteiger partial charge in [0.15, 0.2) is 0 Å². The molecule has 1 atom stereocenters. The van der Waals surface area contributed by atoms with E-state index in [4.69, 9.17) is 27.9 Å². The minimum Gasteiger partial charge on any atom is -0.495 e. The summed E-state index contributed by atoms with van der Waals surface area (Å²) in [7, 11) is 1.64. The molecule has 2 aromatic rings. The van der Waals surface area contributed by atoms with E-state index < -0.39 is 0 Å². The smallest absolute Gasteiger partial charge is 0.135 e. The first-order chi connectivity index (χ1) is 9.92. The molecule has 0 bridgehead atoms. The highest BCUT2D eigenvalue weighted by molar-refractivity contribution is 9.11. The first kappa shape index (κ1) is 16.9. The van der Waals surface area contributed by atoms with Crippen molar-refractivity contribution in [2.75, 3.05) is 12.4 Å². The third-order valence-electron chi connectivity index (χ3n) is 3.06. The van der Waals surface area contributed by atoms with E-state index in [0.29, 0.717) is 10.0 Å². The van der Waals surface area contributed by atoms with Gasteiger partial charge in [0.2, 0.25) is 0 Å². The van der Waals surface area contributed by atoms with Crippen LogP contribution in [-0.4, -0.2) is 7.11 Å². The molecule has 0 spiro atoms. The molecule has 112 valence electrons. The molecule has 0 aliphatic carbocycles. The zero-order valence-electron chi connectivity index (χ0n) is 11.4. The van der Waals surface area contributed by atoms with Crippen LogP contribution in [0.3, 0.4) is 0 Å². The van der Waals surface area contributed by atoms with E-state index in [2.05, 4.69) is 44.1 Å². The van der Waals surface area contributed by atoms with Gasteiger partial charge in [-0.15, -0.1) is 0 Å². The monoisotopic (exact) mass is 451 g/mol. The molecule has 0 aliphatic rings. The molecule has 0 saturated heterocycles. The summed E-state index contributed by atoms with van der Waals surface area (Å²) in [6.45, 7) is 2.06. The summed E-state index contributed by atoms with van der Waals surface area (Å²) in [6.07, 6.45) is 0. The van der Waals surface area contributed by atoms with E-state index in [9.17, 15) is 0 Å². The fourth-order valence-electron chi connectivity index (χ4n) is 1.89. The maximum Gasteiger partial charge on any atom is 0.135 e. The topological polar surface area (TPSA) is 21.3 Å². The van der Waals surface area contributed by atoms with Crippen molar-refractivity contribution in [3.05, 3.63) is 54.9 Å². The van der Waals surface area contributed by atoms with Crippen molar-refractivity contribution >= 4 is 60.7 Å². The predicted molar refractivity (Wildman–Crippen MR) is 96.9 cm³/mol. The van der Waals surface area contributed by atoms with Crippen LogP contribution < -0.4 is 10.1 Å². The standard InChI is InChI=1S/C15H13Br2Cl2NO/c1-8(9-3-4-12(18)13(19)5-9)20-14-7-15(21-2)11(17)6-10(14)16/h3-8,20H,1-2H3. The lowest BCUT2D eigenvalue weighted by atomic mass is 10.1. The Morgan fingerprint density at radius 3 is 2.38 bits per heavy atom. The summed E-state index contributed by atoms with van der Waals surface area (Å²) in [5, 5.41) is 4.53. The Hall–Kier alpha value is -0.420. The molecule has 0 fully saturated rings. The average Bonchev–Trinajstić information content (AvgIpc) is 2.44. The van der Waals surface area contributed by atoms with Gasteiger partial charge in [-0.05, 0) is 62.5 Å². The van der Waals surface area contributed by atoms with Gasteiger partial charge in [0.25, 0.3) is 0 Å². The fourth-order valence-corrected chi connectivity index (χ4v) is 3.47. The van der Waals surface area contributed by atoms with Crippen molar-refractivity contribution < 1.29 is 4.74 Å². The van der Waals surface area contributed by atoms with Gasteiger partial charge < -0.3 is 10.1 Å². The zero-order chi connectivity index (χ0) is 15.6. The molecular weight excluding hydrogens is 441 g/mol. The quantitative estimate of drug-likeness (QED) is 0.556. The number of rotatable bonds is 4. The Balaban J connectivity index is 2.26. The molecule has 0 heterocycles. The van der Waals surface area contributed by atoms with E-state index in [0.717, 1.165) is 25.9 Å². The van der Waals surface area contributed by atoms with Crippen LogP contribution in [0.5, 0.6) is 5.75 Å². The van der Waals surface area contributed by atoms with Gasteiger partial charge in [0.1, 0.15) is 5.75 Å². The molecule has 2 rings (SSSR count). The van der Waals surface area contributed by atoms with E-state index in [1.165, 1.54) is 0 Å². The Morgan fingerprint density at radius 1 is 1.05 bits per heavy atom. The summed E-state index contributed by atoms with van der Waals surface area (Å²) >= 11 is 19.0. The van der Waals surface area contributed by atoms with E-state index in [1.807, 2.05) is 24.3 Å². The van der Waals surface area contributed by atoms with Crippen molar-refractivity contribution in [3.63, 3.8) is 0 Å². The molecule has 0 aromatic heterocycles. The van der Waals surface area contributed by atoms with Crippen LogP contribution >= 0.6 is 55.1 Å². The lowest BCUT2D eigenvalue weighted by Gasteiger charge is -2.18. The van der Waals surface area contributed by atoms with Crippen LogP contribution in [0.25, 0.3) is 0 Å². The first-order valence-electron chi connectivity index (χ1n) is 6.17. The summed E-state index contributed by atoms with van der Waals surface area (Å²) in [5.41, 5.74) is 1.99. The van der Waals surface area contributed by atoms with E-state index in [-0.39, 0.29) is 6.04 Å². The number of anilines is 1. The van der Waals surface area contributed by atoms with Crippen molar-refractivity contribution in [1.82, 2.24) is 0 Å². The van der Waals surface area contributed by atoms with Crippen molar-refractivity contribution in [1.29, 1.82) is 0 Å². The number of hydrogen-bond donors (Lipinski definition) is 1. The Bertz CT molecular complexity index is 664. The predicted octanol–water partition coefficient (Wildman–Crippen LogP) is 6.70. The van der Waals surface area contributed by atoms with Crippen LogP contribution in [0.1, 0.15) is 18.5 Å². The molecular formula is C15H13Br2Cl2NO. The van der Waals surface area contributed by atoms with Gasteiger partial charge in [-0.2, -0.15) is 0 Å². The fraction of sp³-hybridized carbons (Fsp3) is 0.200. The maximum atomic E-state index is 6.07. The average molecular weight is 454 g/mol. The lowest BCUT2D eigenvalue weighted by molar-refractivity contribution is 0.412. The molecule has 0 aliphatic heterocycles. The molecule has 2 nitrogen and oxygen atoms in total. The third-order valence-corrected chi connectivity index (χ3v) is 5.07. The van der Waals surface area contributed by atoms with Gasteiger partial charge in [0.05, 0.1) is 27.3 Å². The van der Waals surface area contributed by atoms with Crippen LogP contribution in [0, 0.1) is 0 Å². The van der Waals surface area contributed by atoms with Crippen LogP contribution in [0.2, 0.25) is 10.0 Å². The largest absolute Gasteiger partial charge is 0.495 e. The van der Waals surface area contributed by atoms with Crippen molar-refractivity contribution in [2.24, 2.45) is 0 Å². The van der Waals surface area contributed by atoms with Crippen LogP contribution in [-0.2, 0) is 0 Å². The Labute approximate surface area is 151 Å². The third kappa shape index (κ3) is 4.07. The Kier molecular flexibility index (Phi) is 5.83. The summed E-state index contributed by atoms with van der Waals surface area (Å²) in [6, 6.07) is 9.57. The van der Waals surface area contributed by atoms with E-state index >= 15 is 0 Å². The second-order valence-corrected chi connectivity index (χ2v) is 7.03. The first-order valence-corrected chi connectivity index (χ1v) is 8.51. The number of halogens is 4. The molecule has 0 amide bonds. The van der Waals surface area contributed by atoms with E-state index in [1.54, 1.807) is 13.2 Å². The van der Waals surface area contributed by atoms with Crippen LogP contribution in [0.4, 0.5) is 5.69 Å². The Morgan fingerprint density at radius 2 is 1.76 bits per heavy atom. The van der Waals surface area contributed by atoms with Crippen LogP contribution in [0.15, 0.2) is 39.3 Å². The maximum absolute atomic E-state index is 6.07. The van der Waals surface area contributed by atoms with Gasteiger partial charge in [0, 0.05) is 16.6 Å². The number of hydrogen-bond acceptors (Lipinski definition) is 2. The number of benzene rings is 2. The molecule has 2 aromatic carbocycles. The minimum absolute atomic E-state index is 0.0712. The normalized spacial score (nSPS) is 12.1. The highest BCUT2D eigenvalue weighted by Gasteiger charge is 2.12.